The maximum Gasteiger partial charge on any atom is 0.393 e. The molecule has 0 saturated carbocycles. The molecule has 0 spiro atoms. The number of hydrogen-bond donors (Lipinski definition) is 1. The maximum atomic E-state index is 12.9. The molecule has 0 bridgehead atoms. The molecule has 1 fully saturated rings. The van der Waals surface area contributed by atoms with Crippen molar-refractivity contribution in [2.24, 2.45) is 5.92 Å². The molecule has 2 rings (SSSR count). The number of nitrogens with zero attached hydrogens (tertiary/aromatic N) is 5. The second-order valence-electron chi connectivity index (χ2n) is 5.23. The number of hydrogen-bond acceptors (Lipinski definition) is 6. The van der Waals surface area contributed by atoms with Crippen molar-refractivity contribution in [3.63, 3.8) is 0 Å². The van der Waals surface area contributed by atoms with Crippen LogP contribution in [0, 0.1) is 5.92 Å². The fraction of sp³-hybridized carbons (Fsp3) is 0.750. The third kappa shape index (κ3) is 3.64. The van der Waals surface area contributed by atoms with Crippen LogP contribution < -0.4 is 15.1 Å². The Morgan fingerprint density at radius 2 is 1.95 bits per heavy atom. The molecule has 2 heterocycles. The highest BCUT2D eigenvalue weighted by atomic mass is 19.4. The Bertz CT molecular complexity index is 490. The molecule has 1 N–H and O–H groups in total. The van der Waals surface area contributed by atoms with E-state index in [0.717, 1.165) is 0 Å². The molecule has 0 radical (unpaired) electrons. The van der Waals surface area contributed by atoms with Crippen molar-refractivity contribution in [3.05, 3.63) is 0 Å². The summed E-state index contributed by atoms with van der Waals surface area (Å²) in [6, 6.07) is 0. The van der Waals surface area contributed by atoms with Gasteiger partial charge in [0.15, 0.2) is 0 Å². The van der Waals surface area contributed by atoms with Gasteiger partial charge in [-0.15, -0.1) is 0 Å². The Morgan fingerprint density at radius 3 is 2.52 bits per heavy atom. The van der Waals surface area contributed by atoms with Crippen molar-refractivity contribution < 1.29 is 13.2 Å². The lowest BCUT2D eigenvalue weighted by Crippen LogP contribution is -2.42. The molecule has 0 amide bonds. The molecule has 6 nitrogen and oxygen atoms in total. The standard InChI is InChI=1S/C12H19F3N6/c1-16-9-17-10(20(2)3)19-11(18-9)21-6-4-5-8(7-21)12(13,14)15/h8H,4-7H2,1-3H3,(H,16,17,18,19). The lowest BCUT2D eigenvalue weighted by Gasteiger charge is -2.34. The van der Waals surface area contributed by atoms with Gasteiger partial charge in [-0.2, -0.15) is 28.1 Å². The summed E-state index contributed by atoms with van der Waals surface area (Å²) in [5, 5.41) is 2.81. The number of alkyl halides is 3. The minimum Gasteiger partial charge on any atom is -0.357 e. The molecule has 0 aromatic carbocycles. The van der Waals surface area contributed by atoms with Gasteiger partial charge >= 0.3 is 6.18 Å². The van der Waals surface area contributed by atoms with Gasteiger partial charge in [0, 0.05) is 34.2 Å². The van der Waals surface area contributed by atoms with Gasteiger partial charge in [-0.1, -0.05) is 0 Å². The van der Waals surface area contributed by atoms with E-state index in [2.05, 4.69) is 20.3 Å². The molecule has 118 valence electrons. The highest BCUT2D eigenvalue weighted by molar-refractivity contribution is 5.44. The first kappa shape index (κ1) is 15.6. The SMILES string of the molecule is CNc1nc(N(C)C)nc(N2CCCC(C(F)(F)F)C2)n1. The molecule has 1 aliphatic rings. The average molecular weight is 304 g/mol. The minimum atomic E-state index is -4.18. The Morgan fingerprint density at radius 1 is 1.24 bits per heavy atom. The van der Waals surface area contributed by atoms with E-state index < -0.39 is 12.1 Å². The quantitative estimate of drug-likeness (QED) is 0.918. The third-order valence-corrected chi connectivity index (χ3v) is 3.40. The number of rotatable bonds is 3. The number of piperidine rings is 1. The molecule has 1 atom stereocenters. The maximum absolute atomic E-state index is 12.9. The molecular formula is C12H19F3N6. The average Bonchev–Trinajstić information content (AvgIpc) is 2.46. The molecule has 1 aliphatic heterocycles. The summed E-state index contributed by atoms with van der Waals surface area (Å²) in [5.74, 6) is -0.285. The molecule has 1 unspecified atom stereocenters. The predicted molar refractivity (Wildman–Crippen MR) is 74.7 cm³/mol. The fourth-order valence-electron chi connectivity index (χ4n) is 2.23. The largest absolute Gasteiger partial charge is 0.393 e. The van der Waals surface area contributed by atoms with Crippen LogP contribution in [-0.2, 0) is 0 Å². The van der Waals surface area contributed by atoms with E-state index in [-0.39, 0.29) is 18.9 Å². The van der Waals surface area contributed by atoms with Crippen LogP contribution in [0.5, 0.6) is 0 Å². The van der Waals surface area contributed by atoms with Crippen LogP contribution in [0.1, 0.15) is 12.8 Å². The molecule has 1 aromatic heterocycles. The van der Waals surface area contributed by atoms with Crippen molar-refractivity contribution in [2.45, 2.75) is 19.0 Å². The summed E-state index contributed by atoms with van der Waals surface area (Å²) >= 11 is 0. The van der Waals surface area contributed by atoms with E-state index in [1.165, 1.54) is 0 Å². The Kier molecular flexibility index (Phi) is 4.38. The molecular weight excluding hydrogens is 285 g/mol. The van der Waals surface area contributed by atoms with Gasteiger partial charge < -0.3 is 15.1 Å². The number of aromatic nitrogens is 3. The predicted octanol–water partition coefficient (Wildman–Crippen LogP) is 1.76. The first-order valence-electron chi connectivity index (χ1n) is 6.74. The van der Waals surface area contributed by atoms with Crippen molar-refractivity contribution in [2.75, 3.05) is 49.3 Å². The minimum absolute atomic E-state index is 0.108. The highest BCUT2D eigenvalue weighted by Gasteiger charge is 2.42. The number of halogens is 3. The zero-order chi connectivity index (χ0) is 15.6. The van der Waals surface area contributed by atoms with E-state index in [1.54, 1.807) is 30.9 Å². The second-order valence-corrected chi connectivity index (χ2v) is 5.23. The second kappa shape index (κ2) is 5.90. The third-order valence-electron chi connectivity index (χ3n) is 3.40. The molecule has 21 heavy (non-hydrogen) atoms. The lowest BCUT2D eigenvalue weighted by atomic mass is 9.98. The van der Waals surface area contributed by atoms with Crippen LogP contribution in [0.4, 0.5) is 31.0 Å². The highest BCUT2D eigenvalue weighted by Crippen LogP contribution is 2.34. The van der Waals surface area contributed by atoms with Gasteiger partial charge in [-0.05, 0) is 12.8 Å². The number of nitrogens with one attached hydrogen (secondary N) is 1. The van der Waals surface area contributed by atoms with E-state index in [1.807, 2.05) is 0 Å². The Labute approximate surface area is 121 Å². The summed E-state index contributed by atoms with van der Waals surface area (Å²) in [6.45, 7) is 0.413. The van der Waals surface area contributed by atoms with Crippen LogP contribution in [0.15, 0.2) is 0 Å². The van der Waals surface area contributed by atoms with E-state index >= 15 is 0 Å². The summed E-state index contributed by atoms with van der Waals surface area (Å²) in [4.78, 5) is 15.8. The zero-order valence-corrected chi connectivity index (χ0v) is 12.3. The first-order chi connectivity index (χ1) is 9.81. The first-order valence-corrected chi connectivity index (χ1v) is 6.74. The van der Waals surface area contributed by atoms with Crippen molar-refractivity contribution in [1.29, 1.82) is 0 Å². The van der Waals surface area contributed by atoms with Gasteiger partial charge in [-0.3, -0.25) is 0 Å². The van der Waals surface area contributed by atoms with Crippen molar-refractivity contribution in [1.82, 2.24) is 15.0 Å². The molecule has 9 heteroatoms. The number of anilines is 3. The molecule has 0 aliphatic carbocycles. The monoisotopic (exact) mass is 304 g/mol. The summed E-state index contributed by atoms with van der Waals surface area (Å²) in [5.41, 5.74) is 0. The smallest absolute Gasteiger partial charge is 0.357 e. The van der Waals surface area contributed by atoms with Gasteiger partial charge in [0.2, 0.25) is 17.8 Å². The summed E-state index contributed by atoms with van der Waals surface area (Å²) in [7, 11) is 5.20. The van der Waals surface area contributed by atoms with Gasteiger partial charge in [0.1, 0.15) is 0 Å². The fourth-order valence-corrected chi connectivity index (χ4v) is 2.23. The van der Waals surface area contributed by atoms with Crippen molar-refractivity contribution in [3.8, 4) is 0 Å². The van der Waals surface area contributed by atoms with E-state index in [0.29, 0.717) is 24.9 Å². The Hall–Kier alpha value is -1.80. The van der Waals surface area contributed by atoms with E-state index in [4.69, 9.17) is 0 Å². The lowest BCUT2D eigenvalue weighted by molar-refractivity contribution is -0.176. The van der Waals surface area contributed by atoms with Crippen LogP contribution in [0.3, 0.4) is 0 Å². The van der Waals surface area contributed by atoms with Gasteiger partial charge in [0.25, 0.3) is 0 Å². The van der Waals surface area contributed by atoms with Crippen molar-refractivity contribution >= 4 is 17.8 Å². The van der Waals surface area contributed by atoms with Crippen LogP contribution in [0.25, 0.3) is 0 Å². The van der Waals surface area contributed by atoms with Gasteiger partial charge in [-0.25, -0.2) is 0 Å². The summed E-state index contributed by atoms with van der Waals surface area (Å²) in [6.07, 6.45) is -3.55. The molecule has 1 aromatic rings. The Balaban J connectivity index is 2.26. The van der Waals surface area contributed by atoms with E-state index in [9.17, 15) is 13.2 Å². The van der Waals surface area contributed by atoms with Crippen LogP contribution in [-0.4, -0.2) is 55.4 Å². The van der Waals surface area contributed by atoms with Gasteiger partial charge in [0.05, 0.1) is 5.92 Å². The normalized spacial score (nSPS) is 19.5. The zero-order valence-electron chi connectivity index (χ0n) is 12.3. The van der Waals surface area contributed by atoms with Crippen LogP contribution in [0.2, 0.25) is 0 Å². The van der Waals surface area contributed by atoms with Crippen LogP contribution >= 0.6 is 0 Å². The summed E-state index contributed by atoms with van der Waals surface area (Å²) < 4.78 is 38.6. The molecule has 1 saturated heterocycles. The topological polar surface area (TPSA) is 57.2 Å².